The molecule has 0 bridgehead atoms. The number of hydrogen-bond donors (Lipinski definition) is 2. The first-order chi connectivity index (χ1) is 8.90. The van der Waals surface area contributed by atoms with Crippen molar-refractivity contribution in [3.8, 4) is 0 Å². The van der Waals surface area contributed by atoms with Gasteiger partial charge in [0.05, 0.1) is 11.4 Å². The van der Waals surface area contributed by atoms with E-state index in [9.17, 15) is 12.8 Å². The molecule has 0 aliphatic rings. The van der Waals surface area contributed by atoms with Crippen LogP contribution in [0.25, 0.3) is 0 Å². The SMILES string of the molecule is Cc1c(N)cc(S(=O)(=O)NCc2ncon2)cc1F. The Morgan fingerprint density at radius 3 is 2.79 bits per heavy atom. The monoisotopic (exact) mass is 286 g/mol. The number of sulfonamides is 1. The Morgan fingerprint density at radius 2 is 2.21 bits per heavy atom. The molecule has 19 heavy (non-hydrogen) atoms. The van der Waals surface area contributed by atoms with Crippen LogP contribution in [0.15, 0.2) is 27.9 Å². The summed E-state index contributed by atoms with van der Waals surface area (Å²) in [5.41, 5.74) is 5.81. The molecule has 9 heteroatoms. The standard InChI is InChI=1S/C10H11FN4O3S/c1-6-8(11)2-7(3-9(6)12)19(16,17)14-4-10-13-5-18-15-10/h2-3,5,14H,4,12H2,1H3. The number of nitrogens with two attached hydrogens (primary N) is 1. The van der Waals surface area contributed by atoms with Gasteiger partial charge in [0.2, 0.25) is 16.4 Å². The third-order valence-electron chi connectivity index (χ3n) is 2.50. The van der Waals surface area contributed by atoms with E-state index in [0.29, 0.717) is 0 Å². The van der Waals surface area contributed by atoms with E-state index in [2.05, 4.69) is 19.4 Å². The Morgan fingerprint density at radius 1 is 1.47 bits per heavy atom. The molecule has 0 aliphatic heterocycles. The molecular formula is C10H11FN4O3S. The fourth-order valence-corrected chi connectivity index (χ4v) is 2.37. The van der Waals surface area contributed by atoms with E-state index in [0.717, 1.165) is 12.5 Å². The van der Waals surface area contributed by atoms with Crippen molar-refractivity contribution in [1.82, 2.24) is 14.9 Å². The van der Waals surface area contributed by atoms with Crippen LogP contribution in [-0.2, 0) is 16.6 Å². The molecule has 0 unspecified atom stereocenters. The van der Waals surface area contributed by atoms with Crippen molar-refractivity contribution in [2.45, 2.75) is 18.4 Å². The lowest BCUT2D eigenvalue weighted by Crippen LogP contribution is -2.24. The van der Waals surface area contributed by atoms with Crippen LogP contribution in [0.5, 0.6) is 0 Å². The number of rotatable bonds is 4. The van der Waals surface area contributed by atoms with Crippen LogP contribution in [-0.4, -0.2) is 18.6 Å². The van der Waals surface area contributed by atoms with Gasteiger partial charge in [-0.05, 0) is 19.1 Å². The molecule has 2 aromatic rings. The van der Waals surface area contributed by atoms with Gasteiger partial charge in [0.25, 0.3) is 0 Å². The summed E-state index contributed by atoms with van der Waals surface area (Å²) in [7, 11) is -3.89. The van der Waals surface area contributed by atoms with E-state index < -0.39 is 15.8 Å². The average molecular weight is 286 g/mol. The van der Waals surface area contributed by atoms with Gasteiger partial charge in [-0.25, -0.2) is 17.5 Å². The van der Waals surface area contributed by atoms with Crippen molar-refractivity contribution in [3.63, 3.8) is 0 Å². The van der Waals surface area contributed by atoms with E-state index in [4.69, 9.17) is 5.73 Å². The molecule has 102 valence electrons. The van der Waals surface area contributed by atoms with Crippen molar-refractivity contribution >= 4 is 15.7 Å². The Balaban J connectivity index is 2.24. The molecule has 0 radical (unpaired) electrons. The van der Waals surface area contributed by atoms with E-state index in [1.807, 2.05) is 0 Å². The molecule has 1 heterocycles. The van der Waals surface area contributed by atoms with Gasteiger partial charge in [0.1, 0.15) is 5.82 Å². The quantitative estimate of drug-likeness (QED) is 0.795. The first-order valence-corrected chi connectivity index (χ1v) is 6.69. The van der Waals surface area contributed by atoms with Gasteiger partial charge >= 0.3 is 0 Å². The number of nitrogen functional groups attached to an aromatic ring is 1. The van der Waals surface area contributed by atoms with Crippen LogP contribution in [0.1, 0.15) is 11.4 Å². The topological polar surface area (TPSA) is 111 Å². The minimum atomic E-state index is -3.89. The van der Waals surface area contributed by atoms with Gasteiger partial charge in [-0.3, -0.25) is 0 Å². The lowest BCUT2D eigenvalue weighted by molar-refractivity contribution is 0.409. The Hall–Kier alpha value is -2.00. The maximum absolute atomic E-state index is 13.5. The first kappa shape index (κ1) is 13.4. The maximum Gasteiger partial charge on any atom is 0.241 e. The Kier molecular flexibility index (Phi) is 3.49. The minimum Gasteiger partial charge on any atom is -0.398 e. The Labute approximate surface area is 108 Å². The van der Waals surface area contributed by atoms with E-state index >= 15 is 0 Å². The summed E-state index contributed by atoms with van der Waals surface area (Å²) in [4.78, 5) is 3.41. The second-order valence-electron chi connectivity index (χ2n) is 3.79. The van der Waals surface area contributed by atoms with Crippen LogP contribution >= 0.6 is 0 Å². The van der Waals surface area contributed by atoms with Gasteiger partial charge in [-0.1, -0.05) is 5.16 Å². The summed E-state index contributed by atoms with van der Waals surface area (Å²) in [5.74, 6) is -0.510. The molecule has 0 fully saturated rings. The highest BCUT2D eigenvalue weighted by molar-refractivity contribution is 7.89. The number of hydrogen-bond acceptors (Lipinski definition) is 6. The maximum atomic E-state index is 13.5. The third-order valence-corrected chi connectivity index (χ3v) is 3.88. The van der Waals surface area contributed by atoms with Gasteiger partial charge in [0.15, 0.2) is 5.82 Å². The van der Waals surface area contributed by atoms with Crippen molar-refractivity contribution in [2.75, 3.05) is 5.73 Å². The molecular weight excluding hydrogens is 275 g/mol. The van der Waals surface area contributed by atoms with E-state index in [1.165, 1.54) is 13.0 Å². The fourth-order valence-electron chi connectivity index (χ4n) is 1.34. The molecule has 1 aromatic carbocycles. The Bertz CT molecular complexity index is 662. The largest absolute Gasteiger partial charge is 0.398 e. The predicted octanol–water partition coefficient (Wildman–Crippen LogP) is 0.578. The average Bonchev–Trinajstić information content (AvgIpc) is 2.86. The molecule has 0 spiro atoms. The molecule has 3 N–H and O–H groups in total. The number of aromatic nitrogens is 2. The minimum absolute atomic E-state index is 0.0694. The summed E-state index contributed by atoms with van der Waals surface area (Å²) >= 11 is 0. The van der Waals surface area contributed by atoms with Crippen LogP contribution in [0, 0.1) is 12.7 Å². The van der Waals surface area contributed by atoms with Crippen molar-refractivity contribution in [1.29, 1.82) is 0 Å². The van der Waals surface area contributed by atoms with E-state index in [1.54, 1.807) is 0 Å². The van der Waals surface area contributed by atoms with Crippen molar-refractivity contribution in [2.24, 2.45) is 0 Å². The van der Waals surface area contributed by atoms with Gasteiger partial charge in [-0.15, -0.1) is 0 Å². The summed E-state index contributed by atoms with van der Waals surface area (Å²) in [5, 5.41) is 3.45. The molecule has 2 rings (SSSR count). The summed E-state index contributed by atoms with van der Waals surface area (Å²) in [6.07, 6.45) is 1.08. The summed E-state index contributed by atoms with van der Waals surface area (Å²) < 4.78 is 44.0. The van der Waals surface area contributed by atoms with Gasteiger partial charge in [0, 0.05) is 11.3 Å². The van der Waals surface area contributed by atoms with Crippen molar-refractivity contribution < 1.29 is 17.3 Å². The van der Waals surface area contributed by atoms with Gasteiger partial charge in [-0.2, -0.15) is 4.98 Å². The summed E-state index contributed by atoms with van der Waals surface area (Å²) in [6, 6.07) is 2.10. The predicted molar refractivity (Wildman–Crippen MR) is 63.9 cm³/mol. The number of halogens is 1. The number of nitrogens with zero attached hydrogens (tertiary/aromatic N) is 2. The van der Waals surface area contributed by atoms with Crippen LogP contribution in [0.3, 0.4) is 0 Å². The van der Waals surface area contributed by atoms with Crippen molar-refractivity contribution in [3.05, 3.63) is 35.7 Å². The zero-order valence-corrected chi connectivity index (χ0v) is 10.7. The molecule has 0 saturated carbocycles. The van der Waals surface area contributed by atoms with Gasteiger partial charge < -0.3 is 10.3 Å². The van der Waals surface area contributed by atoms with Crippen LogP contribution < -0.4 is 10.5 Å². The molecule has 0 aliphatic carbocycles. The highest BCUT2D eigenvalue weighted by Crippen LogP contribution is 2.20. The fraction of sp³-hybridized carbons (Fsp3) is 0.200. The zero-order valence-electron chi connectivity index (χ0n) is 9.92. The molecule has 0 amide bonds. The smallest absolute Gasteiger partial charge is 0.241 e. The molecule has 1 aromatic heterocycles. The van der Waals surface area contributed by atoms with E-state index in [-0.39, 0.29) is 28.5 Å². The lowest BCUT2D eigenvalue weighted by Gasteiger charge is -2.08. The normalized spacial score (nSPS) is 11.7. The highest BCUT2D eigenvalue weighted by Gasteiger charge is 2.18. The molecule has 7 nitrogen and oxygen atoms in total. The first-order valence-electron chi connectivity index (χ1n) is 5.20. The zero-order chi connectivity index (χ0) is 14.0. The highest BCUT2D eigenvalue weighted by atomic mass is 32.2. The summed E-state index contributed by atoms with van der Waals surface area (Å²) in [6.45, 7) is 1.31. The van der Waals surface area contributed by atoms with Crippen LogP contribution in [0.2, 0.25) is 0 Å². The number of anilines is 1. The molecule has 0 saturated heterocycles. The molecule has 0 atom stereocenters. The lowest BCUT2D eigenvalue weighted by atomic mass is 10.2. The second kappa shape index (κ2) is 4.94. The van der Waals surface area contributed by atoms with Crippen LogP contribution in [0.4, 0.5) is 10.1 Å². The number of nitrogens with one attached hydrogen (secondary N) is 1. The second-order valence-corrected chi connectivity index (χ2v) is 5.56. The number of benzene rings is 1. The third kappa shape index (κ3) is 2.88.